The molecule has 1 aliphatic heterocycles. The van der Waals surface area contributed by atoms with Crippen molar-refractivity contribution in [3.05, 3.63) is 32.6 Å². The van der Waals surface area contributed by atoms with Crippen LogP contribution in [0.4, 0.5) is 0 Å². The fraction of sp³-hybridized carbons (Fsp3) is 0.692. The molecule has 2 N–H and O–H groups in total. The number of hydrogen-bond acceptors (Lipinski definition) is 6. The van der Waals surface area contributed by atoms with Gasteiger partial charge in [0.15, 0.2) is 6.23 Å². The standard InChI is InChI=1S/C13H19IN2O6/c1-7-6-16(13(19)15-11(7)18)12-10(21-4-3-20-2)9(17)8(5-14)22-12/h6,8-10,12,17H,3-5H2,1-2H3,(H,15,18,19)/t8-,9-,10-,12-/m1/s1. The fourth-order valence-electron chi connectivity index (χ4n) is 2.29. The molecule has 1 saturated heterocycles. The second-order valence-electron chi connectivity index (χ2n) is 5.02. The molecule has 0 aromatic carbocycles. The Labute approximate surface area is 140 Å². The van der Waals surface area contributed by atoms with Crippen molar-refractivity contribution in [1.29, 1.82) is 0 Å². The van der Waals surface area contributed by atoms with Crippen molar-refractivity contribution in [2.75, 3.05) is 24.8 Å². The summed E-state index contributed by atoms with van der Waals surface area (Å²) < 4.78 is 18.1. The highest BCUT2D eigenvalue weighted by atomic mass is 127. The first kappa shape index (κ1) is 17.6. The zero-order chi connectivity index (χ0) is 16.3. The molecular formula is C13H19IN2O6. The molecule has 1 fully saturated rings. The number of halogens is 1. The van der Waals surface area contributed by atoms with Crippen molar-refractivity contribution in [2.45, 2.75) is 31.5 Å². The quantitative estimate of drug-likeness (QED) is 0.364. The number of ether oxygens (including phenoxy) is 3. The van der Waals surface area contributed by atoms with Crippen LogP contribution in [0, 0.1) is 6.92 Å². The van der Waals surface area contributed by atoms with Gasteiger partial charge in [0.2, 0.25) is 0 Å². The average Bonchev–Trinajstić information content (AvgIpc) is 2.80. The molecule has 0 bridgehead atoms. The summed E-state index contributed by atoms with van der Waals surface area (Å²) in [5.41, 5.74) is -0.657. The molecule has 0 spiro atoms. The molecule has 9 heteroatoms. The van der Waals surface area contributed by atoms with E-state index in [1.54, 1.807) is 14.0 Å². The maximum absolute atomic E-state index is 12.0. The lowest BCUT2D eigenvalue weighted by atomic mass is 10.1. The molecule has 0 amide bonds. The molecule has 2 heterocycles. The van der Waals surface area contributed by atoms with Gasteiger partial charge in [-0.15, -0.1) is 0 Å². The number of aliphatic hydroxyl groups excluding tert-OH is 1. The Balaban J connectivity index is 2.31. The van der Waals surface area contributed by atoms with Crippen LogP contribution in [0.5, 0.6) is 0 Å². The molecule has 1 aromatic heterocycles. The summed E-state index contributed by atoms with van der Waals surface area (Å²) in [7, 11) is 1.55. The predicted molar refractivity (Wildman–Crippen MR) is 86.5 cm³/mol. The number of aromatic amines is 1. The third-order valence-electron chi connectivity index (χ3n) is 3.48. The van der Waals surface area contributed by atoms with Gasteiger partial charge in [0.25, 0.3) is 5.56 Å². The number of aryl methyl sites for hydroxylation is 1. The molecular weight excluding hydrogens is 407 g/mol. The van der Waals surface area contributed by atoms with Crippen LogP contribution < -0.4 is 11.2 Å². The maximum atomic E-state index is 12.0. The number of aliphatic hydroxyl groups is 1. The van der Waals surface area contributed by atoms with Gasteiger partial charge in [-0.2, -0.15) is 0 Å². The van der Waals surface area contributed by atoms with E-state index in [4.69, 9.17) is 14.2 Å². The van der Waals surface area contributed by atoms with Crippen molar-refractivity contribution in [2.24, 2.45) is 0 Å². The minimum absolute atomic E-state index is 0.267. The summed E-state index contributed by atoms with van der Waals surface area (Å²) in [5, 5.41) is 10.3. The minimum Gasteiger partial charge on any atom is -0.387 e. The molecule has 22 heavy (non-hydrogen) atoms. The van der Waals surface area contributed by atoms with Crippen LogP contribution in [0.15, 0.2) is 15.8 Å². The largest absolute Gasteiger partial charge is 0.387 e. The number of nitrogens with one attached hydrogen (secondary N) is 1. The second-order valence-corrected chi connectivity index (χ2v) is 5.90. The molecule has 1 aromatic rings. The van der Waals surface area contributed by atoms with Crippen LogP contribution in [0.2, 0.25) is 0 Å². The molecule has 0 radical (unpaired) electrons. The highest BCUT2D eigenvalue weighted by Gasteiger charge is 2.45. The Morgan fingerprint density at radius 3 is 2.82 bits per heavy atom. The monoisotopic (exact) mass is 426 g/mol. The molecule has 8 nitrogen and oxygen atoms in total. The first-order chi connectivity index (χ1) is 10.5. The van der Waals surface area contributed by atoms with Gasteiger partial charge >= 0.3 is 5.69 Å². The Morgan fingerprint density at radius 1 is 1.45 bits per heavy atom. The number of rotatable bonds is 6. The number of H-pyrrole nitrogens is 1. The number of alkyl halides is 1. The fourth-order valence-corrected chi connectivity index (χ4v) is 3.02. The molecule has 1 aliphatic rings. The number of aromatic nitrogens is 2. The van der Waals surface area contributed by atoms with Crippen molar-refractivity contribution in [1.82, 2.24) is 9.55 Å². The molecule has 124 valence electrons. The molecule has 4 atom stereocenters. The number of methoxy groups -OCH3 is 1. The maximum Gasteiger partial charge on any atom is 0.330 e. The highest BCUT2D eigenvalue weighted by Crippen LogP contribution is 2.31. The van der Waals surface area contributed by atoms with Crippen molar-refractivity contribution < 1.29 is 19.3 Å². The Hall–Kier alpha value is -0.750. The van der Waals surface area contributed by atoms with Crippen LogP contribution in [-0.4, -0.2) is 57.7 Å². The van der Waals surface area contributed by atoms with Crippen LogP contribution >= 0.6 is 22.6 Å². The summed E-state index contributed by atoms with van der Waals surface area (Å²) >= 11 is 2.10. The normalized spacial score (nSPS) is 28.2. The van der Waals surface area contributed by atoms with Crippen LogP contribution in [0.25, 0.3) is 0 Å². The lowest BCUT2D eigenvalue weighted by Gasteiger charge is -2.22. The van der Waals surface area contributed by atoms with Crippen molar-refractivity contribution in [3.63, 3.8) is 0 Å². The number of hydrogen-bond donors (Lipinski definition) is 2. The Morgan fingerprint density at radius 2 is 2.18 bits per heavy atom. The predicted octanol–water partition coefficient (Wildman–Crippen LogP) is -0.430. The van der Waals surface area contributed by atoms with Gasteiger partial charge in [0.1, 0.15) is 12.2 Å². The van der Waals surface area contributed by atoms with E-state index in [2.05, 4.69) is 27.6 Å². The first-order valence-corrected chi connectivity index (χ1v) is 8.34. The van der Waals surface area contributed by atoms with E-state index >= 15 is 0 Å². The zero-order valence-electron chi connectivity index (χ0n) is 12.3. The summed E-state index contributed by atoms with van der Waals surface area (Å²) in [5.74, 6) is 0. The smallest absolute Gasteiger partial charge is 0.330 e. The third-order valence-corrected chi connectivity index (χ3v) is 4.35. The average molecular weight is 426 g/mol. The Kier molecular flexibility index (Phi) is 6.15. The lowest BCUT2D eigenvalue weighted by Crippen LogP contribution is -2.40. The first-order valence-electron chi connectivity index (χ1n) is 6.81. The van der Waals surface area contributed by atoms with Gasteiger partial charge < -0.3 is 19.3 Å². The van der Waals surface area contributed by atoms with Crippen LogP contribution in [0.1, 0.15) is 11.8 Å². The van der Waals surface area contributed by atoms with E-state index in [0.717, 1.165) is 0 Å². The molecule has 0 unspecified atom stereocenters. The van der Waals surface area contributed by atoms with Gasteiger partial charge in [0, 0.05) is 23.3 Å². The van der Waals surface area contributed by atoms with Gasteiger partial charge in [-0.25, -0.2) is 4.79 Å². The molecule has 0 saturated carbocycles. The van der Waals surface area contributed by atoms with Gasteiger partial charge in [-0.05, 0) is 6.92 Å². The lowest BCUT2D eigenvalue weighted by molar-refractivity contribution is -0.0788. The van der Waals surface area contributed by atoms with Crippen LogP contribution in [-0.2, 0) is 14.2 Å². The van der Waals surface area contributed by atoms with E-state index in [1.807, 2.05) is 0 Å². The van der Waals surface area contributed by atoms with Gasteiger partial charge in [0.05, 0.1) is 19.3 Å². The summed E-state index contributed by atoms with van der Waals surface area (Å²) in [6.45, 7) is 2.23. The van der Waals surface area contributed by atoms with E-state index in [9.17, 15) is 14.7 Å². The van der Waals surface area contributed by atoms with Crippen molar-refractivity contribution in [3.8, 4) is 0 Å². The second kappa shape index (κ2) is 7.68. The van der Waals surface area contributed by atoms with E-state index < -0.39 is 35.8 Å². The minimum atomic E-state index is -0.863. The van der Waals surface area contributed by atoms with E-state index in [-0.39, 0.29) is 6.61 Å². The number of nitrogens with zero attached hydrogens (tertiary/aromatic N) is 1. The van der Waals surface area contributed by atoms with Crippen LogP contribution in [0.3, 0.4) is 0 Å². The molecule has 2 rings (SSSR count). The summed E-state index contributed by atoms with van der Waals surface area (Å²) in [4.78, 5) is 25.7. The van der Waals surface area contributed by atoms with E-state index in [0.29, 0.717) is 16.6 Å². The summed E-state index contributed by atoms with van der Waals surface area (Å²) in [6, 6.07) is 0. The van der Waals surface area contributed by atoms with Crippen molar-refractivity contribution >= 4 is 22.6 Å². The SMILES string of the molecule is COCCO[C@@H]1[C@H](O)[C@@H](CI)O[C@H]1n1cc(C)c(=O)[nH]c1=O. The molecule has 0 aliphatic carbocycles. The van der Waals surface area contributed by atoms with E-state index in [1.165, 1.54) is 10.8 Å². The summed E-state index contributed by atoms with van der Waals surface area (Å²) in [6.07, 6.45) is -1.40. The van der Waals surface area contributed by atoms with Gasteiger partial charge in [-0.1, -0.05) is 22.6 Å². The highest BCUT2D eigenvalue weighted by molar-refractivity contribution is 14.1. The third kappa shape index (κ3) is 3.59. The zero-order valence-corrected chi connectivity index (χ0v) is 14.5. The van der Waals surface area contributed by atoms with Gasteiger partial charge in [-0.3, -0.25) is 14.3 Å². The Bertz CT molecular complexity index is 615. The topological polar surface area (TPSA) is 103 Å².